The van der Waals surface area contributed by atoms with Crippen molar-refractivity contribution in [3.05, 3.63) is 53.7 Å². The number of hydrogen-bond donors (Lipinski definition) is 1. The maximum absolute atomic E-state index is 12.7. The molecule has 0 fully saturated rings. The molecule has 1 N–H and O–H groups in total. The zero-order chi connectivity index (χ0) is 19.6. The average molecular weight is 388 g/mol. The Hall–Kier alpha value is -2.51. The van der Waals surface area contributed by atoms with E-state index < -0.39 is 10.0 Å². The van der Waals surface area contributed by atoms with Gasteiger partial charge in [0.2, 0.25) is 10.0 Å². The van der Waals surface area contributed by atoms with Gasteiger partial charge < -0.3 is 14.0 Å². The minimum Gasteiger partial charge on any atom is -0.497 e. The summed E-state index contributed by atoms with van der Waals surface area (Å²) in [6, 6.07) is 12.8. The molecule has 0 radical (unpaired) electrons. The van der Waals surface area contributed by atoms with Gasteiger partial charge in [-0.15, -0.1) is 0 Å². The minimum atomic E-state index is -3.69. The first kappa shape index (κ1) is 19.3. The Morgan fingerprint density at radius 3 is 2.52 bits per heavy atom. The number of fused-ring (bicyclic) bond motifs is 1. The second kappa shape index (κ2) is 7.62. The van der Waals surface area contributed by atoms with E-state index in [1.807, 2.05) is 19.2 Å². The molecule has 0 saturated carbocycles. The molecule has 6 nitrogen and oxygen atoms in total. The Balaban J connectivity index is 1.81. The molecule has 144 valence electrons. The molecular formula is C20H24N2O4S. The summed E-state index contributed by atoms with van der Waals surface area (Å²) >= 11 is 0. The van der Waals surface area contributed by atoms with Gasteiger partial charge in [0.1, 0.15) is 16.4 Å². The Labute approximate surface area is 159 Å². The molecule has 1 heterocycles. The molecule has 0 unspecified atom stereocenters. The second-order valence-electron chi connectivity index (χ2n) is 6.30. The molecule has 1 aromatic heterocycles. The van der Waals surface area contributed by atoms with E-state index in [0.717, 1.165) is 22.2 Å². The number of benzene rings is 2. The van der Waals surface area contributed by atoms with Crippen LogP contribution in [0, 0.1) is 6.92 Å². The molecule has 27 heavy (non-hydrogen) atoms. The van der Waals surface area contributed by atoms with Gasteiger partial charge in [-0.25, -0.2) is 13.1 Å². The molecule has 2 aromatic carbocycles. The van der Waals surface area contributed by atoms with Crippen LogP contribution >= 0.6 is 0 Å². The highest BCUT2D eigenvalue weighted by Gasteiger charge is 2.20. The lowest BCUT2D eigenvalue weighted by Gasteiger charge is -2.12. The van der Waals surface area contributed by atoms with Gasteiger partial charge in [0.05, 0.1) is 14.2 Å². The molecule has 0 amide bonds. The van der Waals surface area contributed by atoms with E-state index >= 15 is 0 Å². The first-order valence-electron chi connectivity index (χ1n) is 8.63. The van der Waals surface area contributed by atoms with Crippen molar-refractivity contribution in [2.75, 3.05) is 20.8 Å². The van der Waals surface area contributed by atoms with Gasteiger partial charge in [-0.3, -0.25) is 0 Å². The number of ether oxygens (including phenoxy) is 2. The van der Waals surface area contributed by atoms with E-state index in [9.17, 15) is 8.42 Å². The van der Waals surface area contributed by atoms with E-state index in [1.54, 1.807) is 12.1 Å². The van der Waals surface area contributed by atoms with Gasteiger partial charge in [-0.2, -0.15) is 0 Å². The third kappa shape index (κ3) is 3.65. The Morgan fingerprint density at radius 1 is 1.07 bits per heavy atom. The van der Waals surface area contributed by atoms with Crippen molar-refractivity contribution >= 4 is 20.9 Å². The molecule has 0 aliphatic rings. The average Bonchev–Trinajstić information content (AvgIpc) is 2.92. The van der Waals surface area contributed by atoms with E-state index in [1.165, 1.54) is 20.3 Å². The molecule has 0 bridgehead atoms. The molecule has 3 rings (SSSR count). The summed E-state index contributed by atoms with van der Waals surface area (Å²) in [6.45, 7) is 2.35. The number of rotatable bonds is 7. The number of sulfonamides is 1. The number of hydrogen-bond acceptors (Lipinski definition) is 4. The summed E-state index contributed by atoms with van der Waals surface area (Å²) < 4.78 is 40.6. The highest BCUT2D eigenvalue weighted by atomic mass is 32.2. The molecule has 0 spiro atoms. The SMILES string of the molecule is COc1ccc(S(=O)(=O)NCCc2c(C)n(C)c3ccccc23)c(OC)c1. The lowest BCUT2D eigenvalue weighted by atomic mass is 10.1. The fraction of sp³-hybridized carbons (Fsp3) is 0.300. The summed E-state index contributed by atoms with van der Waals surface area (Å²) in [7, 11) is 1.29. The van der Waals surface area contributed by atoms with Crippen LogP contribution in [0.2, 0.25) is 0 Å². The fourth-order valence-electron chi connectivity index (χ4n) is 3.30. The van der Waals surface area contributed by atoms with E-state index in [4.69, 9.17) is 9.47 Å². The molecule has 7 heteroatoms. The van der Waals surface area contributed by atoms with Crippen molar-refractivity contribution in [2.24, 2.45) is 7.05 Å². The highest BCUT2D eigenvalue weighted by molar-refractivity contribution is 7.89. The van der Waals surface area contributed by atoms with Crippen LogP contribution in [0.5, 0.6) is 11.5 Å². The van der Waals surface area contributed by atoms with Crippen LogP contribution < -0.4 is 14.2 Å². The zero-order valence-corrected chi connectivity index (χ0v) is 16.8. The molecular weight excluding hydrogens is 364 g/mol. The lowest BCUT2D eigenvalue weighted by molar-refractivity contribution is 0.386. The van der Waals surface area contributed by atoms with Crippen molar-refractivity contribution in [2.45, 2.75) is 18.2 Å². The summed E-state index contributed by atoms with van der Waals surface area (Å²) in [5, 5.41) is 1.15. The Bertz CT molecular complexity index is 1070. The van der Waals surface area contributed by atoms with E-state index in [0.29, 0.717) is 18.7 Å². The van der Waals surface area contributed by atoms with Crippen molar-refractivity contribution in [1.82, 2.24) is 9.29 Å². The molecule has 0 saturated heterocycles. The van der Waals surface area contributed by atoms with Crippen LogP contribution in [-0.2, 0) is 23.5 Å². The van der Waals surface area contributed by atoms with Crippen LogP contribution in [0.1, 0.15) is 11.3 Å². The Kier molecular flexibility index (Phi) is 5.43. The smallest absolute Gasteiger partial charge is 0.244 e. The summed E-state index contributed by atoms with van der Waals surface area (Å²) in [5.74, 6) is 0.792. The summed E-state index contributed by atoms with van der Waals surface area (Å²) in [5.41, 5.74) is 3.43. The van der Waals surface area contributed by atoms with Crippen molar-refractivity contribution in [1.29, 1.82) is 0 Å². The van der Waals surface area contributed by atoms with Crippen molar-refractivity contribution in [3.8, 4) is 11.5 Å². The van der Waals surface area contributed by atoms with Crippen LogP contribution in [0.25, 0.3) is 10.9 Å². The maximum Gasteiger partial charge on any atom is 0.244 e. The van der Waals surface area contributed by atoms with Crippen LogP contribution in [0.3, 0.4) is 0 Å². The molecule has 0 aliphatic heterocycles. The minimum absolute atomic E-state index is 0.0976. The lowest BCUT2D eigenvalue weighted by Crippen LogP contribution is -2.26. The first-order chi connectivity index (χ1) is 12.9. The number of aryl methyl sites for hydroxylation is 1. The number of aromatic nitrogens is 1. The van der Waals surface area contributed by atoms with Crippen molar-refractivity contribution < 1.29 is 17.9 Å². The second-order valence-corrected chi connectivity index (χ2v) is 8.04. The van der Waals surface area contributed by atoms with E-state index in [2.05, 4.69) is 28.3 Å². The summed E-state index contributed by atoms with van der Waals surface area (Å²) in [6.07, 6.45) is 0.602. The normalized spacial score (nSPS) is 11.7. The third-order valence-electron chi connectivity index (χ3n) is 4.86. The zero-order valence-electron chi connectivity index (χ0n) is 15.9. The fourth-order valence-corrected chi connectivity index (χ4v) is 4.48. The Morgan fingerprint density at radius 2 is 1.81 bits per heavy atom. The van der Waals surface area contributed by atoms with Gasteiger partial charge in [-0.05, 0) is 37.1 Å². The predicted octanol–water partition coefficient (Wildman–Crippen LogP) is 3.02. The first-order valence-corrected chi connectivity index (χ1v) is 10.1. The largest absolute Gasteiger partial charge is 0.497 e. The number of nitrogens with one attached hydrogen (secondary N) is 1. The van der Waals surface area contributed by atoms with Gasteiger partial charge in [0, 0.05) is 36.3 Å². The predicted molar refractivity (Wildman–Crippen MR) is 106 cm³/mol. The van der Waals surface area contributed by atoms with E-state index in [-0.39, 0.29) is 10.6 Å². The number of para-hydroxylation sites is 1. The van der Waals surface area contributed by atoms with Gasteiger partial charge >= 0.3 is 0 Å². The van der Waals surface area contributed by atoms with Crippen molar-refractivity contribution in [3.63, 3.8) is 0 Å². The summed E-state index contributed by atoms with van der Waals surface area (Å²) in [4.78, 5) is 0.0976. The molecule has 0 atom stereocenters. The topological polar surface area (TPSA) is 69.6 Å². The maximum atomic E-state index is 12.7. The number of methoxy groups -OCH3 is 2. The standard InChI is InChI=1S/C20H24N2O4S/c1-14-16(17-7-5-6-8-18(17)22(14)2)11-12-21-27(23,24)20-10-9-15(25-3)13-19(20)26-4/h5-10,13,21H,11-12H2,1-4H3. The molecule has 3 aromatic rings. The number of nitrogens with zero attached hydrogens (tertiary/aromatic N) is 1. The van der Waals surface area contributed by atoms with Gasteiger partial charge in [0.15, 0.2) is 0 Å². The van der Waals surface area contributed by atoms with Crippen LogP contribution in [0.4, 0.5) is 0 Å². The highest BCUT2D eigenvalue weighted by Crippen LogP contribution is 2.28. The molecule has 0 aliphatic carbocycles. The van der Waals surface area contributed by atoms with Gasteiger partial charge in [0.25, 0.3) is 0 Å². The van der Waals surface area contributed by atoms with Crippen LogP contribution in [-0.4, -0.2) is 33.7 Å². The quantitative estimate of drug-likeness (QED) is 0.675. The van der Waals surface area contributed by atoms with Gasteiger partial charge in [-0.1, -0.05) is 18.2 Å². The monoisotopic (exact) mass is 388 g/mol. The third-order valence-corrected chi connectivity index (χ3v) is 6.36. The van der Waals surface area contributed by atoms with Crippen LogP contribution in [0.15, 0.2) is 47.4 Å².